The number of nitrogens with one attached hydrogen (secondary N) is 2. The van der Waals surface area contributed by atoms with E-state index in [0.29, 0.717) is 0 Å². The second-order valence-corrected chi connectivity index (χ2v) is 7.83. The van der Waals surface area contributed by atoms with Gasteiger partial charge in [-0.05, 0) is 30.0 Å². The number of aliphatic imine (C=N–C) groups is 1. The summed E-state index contributed by atoms with van der Waals surface area (Å²) in [4.78, 5) is 6.59. The second-order valence-electron chi connectivity index (χ2n) is 7.83. The van der Waals surface area contributed by atoms with Gasteiger partial charge in [0.15, 0.2) is 5.96 Å². The average Bonchev–Trinajstić information content (AvgIpc) is 2.57. The molecule has 0 spiro atoms. The first kappa shape index (κ1) is 19.7. The molecule has 1 saturated heterocycles. The molecule has 1 atom stereocenters. The normalized spacial score (nSPS) is 19.7. The van der Waals surface area contributed by atoms with Crippen LogP contribution in [0.5, 0.6) is 0 Å². The number of hydrogen-bond acceptors (Lipinski definition) is 3. The van der Waals surface area contributed by atoms with Gasteiger partial charge in [-0.1, -0.05) is 45.0 Å². The highest BCUT2D eigenvalue weighted by Gasteiger charge is 2.17. The Hall–Kier alpha value is -1.59. The number of rotatable bonds is 5. The molecule has 0 aliphatic carbocycles. The van der Waals surface area contributed by atoms with Crippen LogP contribution in [-0.4, -0.2) is 63.8 Å². The lowest BCUT2D eigenvalue weighted by Crippen LogP contribution is -2.48. The van der Waals surface area contributed by atoms with E-state index >= 15 is 0 Å². The standard InChI is InChI=1S/C20H34N4O/c1-20(2,3)17-8-6-16(7-9-17)10-11-22-19(21-4)23-14-18-15-24(5)12-13-25-18/h6-9,18H,10-15H2,1-5H3,(H2,21,22,23). The molecule has 25 heavy (non-hydrogen) atoms. The Morgan fingerprint density at radius 3 is 2.56 bits per heavy atom. The van der Waals surface area contributed by atoms with Gasteiger partial charge in [-0.15, -0.1) is 0 Å². The van der Waals surface area contributed by atoms with Gasteiger partial charge in [0.2, 0.25) is 0 Å². The van der Waals surface area contributed by atoms with Crippen molar-refractivity contribution in [1.82, 2.24) is 15.5 Å². The molecule has 0 amide bonds. The Kier molecular flexibility index (Phi) is 7.26. The van der Waals surface area contributed by atoms with Gasteiger partial charge in [-0.2, -0.15) is 0 Å². The summed E-state index contributed by atoms with van der Waals surface area (Å²) < 4.78 is 5.77. The van der Waals surface area contributed by atoms with Crippen molar-refractivity contribution < 1.29 is 4.74 Å². The zero-order valence-corrected chi connectivity index (χ0v) is 16.4. The average molecular weight is 347 g/mol. The van der Waals surface area contributed by atoms with Crippen molar-refractivity contribution in [2.24, 2.45) is 4.99 Å². The van der Waals surface area contributed by atoms with Crippen LogP contribution in [0.4, 0.5) is 0 Å². The summed E-state index contributed by atoms with van der Waals surface area (Å²) in [5.41, 5.74) is 2.92. The monoisotopic (exact) mass is 346 g/mol. The molecule has 1 aliphatic rings. The van der Waals surface area contributed by atoms with Crippen molar-refractivity contribution in [3.05, 3.63) is 35.4 Å². The number of benzene rings is 1. The van der Waals surface area contributed by atoms with Gasteiger partial charge < -0.3 is 20.3 Å². The molecular formula is C20H34N4O. The first-order valence-corrected chi connectivity index (χ1v) is 9.22. The van der Waals surface area contributed by atoms with Crippen molar-refractivity contribution in [3.63, 3.8) is 0 Å². The fourth-order valence-electron chi connectivity index (χ4n) is 2.92. The van der Waals surface area contributed by atoms with E-state index in [0.717, 1.165) is 45.2 Å². The predicted octanol–water partition coefficient (Wildman–Crippen LogP) is 2.02. The van der Waals surface area contributed by atoms with E-state index in [2.05, 4.69) is 72.6 Å². The number of likely N-dealkylation sites (N-methyl/N-ethyl adjacent to an activating group) is 1. The third-order valence-corrected chi connectivity index (χ3v) is 4.59. The topological polar surface area (TPSA) is 48.9 Å². The van der Waals surface area contributed by atoms with Gasteiger partial charge in [-0.25, -0.2) is 0 Å². The van der Waals surface area contributed by atoms with Crippen LogP contribution in [-0.2, 0) is 16.6 Å². The van der Waals surface area contributed by atoms with E-state index in [1.165, 1.54) is 11.1 Å². The molecule has 0 bridgehead atoms. The number of nitrogens with zero attached hydrogens (tertiary/aromatic N) is 2. The first-order valence-electron chi connectivity index (χ1n) is 9.22. The summed E-state index contributed by atoms with van der Waals surface area (Å²) in [6, 6.07) is 8.92. The van der Waals surface area contributed by atoms with Crippen molar-refractivity contribution in [3.8, 4) is 0 Å². The number of morpholine rings is 1. The van der Waals surface area contributed by atoms with E-state index in [4.69, 9.17) is 4.74 Å². The Morgan fingerprint density at radius 1 is 1.24 bits per heavy atom. The number of guanidine groups is 1. The minimum absolute atomic E-state index is 0.206. The third-order valence-electron chi connectivity index (χ3n) is 4.59. The highest BCUT2D eigenvalue weighted by atomic mass is 16.5. The molecule has 2 N–H and O–H groups in total. The van der Waals surface area contributed by atoms with Crippen molar-refractivity contribution in [1.29, 1.82) is 0 Å². The molecule has 0 aromatic heterocycles. The number of ether oxygens (including phenoxy) is 1. The van der Waals surface area contributed by atoms with E-state index < -0.39 is 0 Å². The molecule has 5 nitrogen and oxygen atoms in total. The van der Waals surface area contributed by atoms with Gasteiger partial charge >= 0.3 is 0 Å². The van der Waals surface area contributed by atoms with Crippen molar-refractivity contribution in [2.75, 3.05) is 46.9 Å². The Morgan fingerprint density at radius 2 is 1.96 bits per heavy atom. The fourth-order valence-corrected chi connectivity index (χ4v) is 2.92. The third kappa shape index (κ3) is 6.67. The lowest BCUT2D eigenvalue weighted by atomic mass is 9.86. The van der Waals surface area contributed by atoms with Crippen LogP contribution < -0.4 is 10.6 Å². The van der Waals surface area contributed by atoms with Crippen LogP contribution in [0.25, 0.3) is 0 Å². The lowest BCUT2D eigenvalue weighted by Gasteiger charge is -2.30. The van der Waals surface area contributed by atoms with Crippen LogP contribution in [0.15, 0.2) is 29.3 Å². The quantitative estimate of drug-likeness (QED) is 0.633. The van der Waals surface area contributed by atoms with E-state index in [1.54, 1.807) is 7.05 Å². The van der Waals surface area contributed by atoms with E-state index in [1.807, 2.05) is 0 Å². The highest BCUT2D eigenvalue weighted by molar-refractivity contribution is 5.79. The van der Waals surface area contributed by atoms with Crippen molar-refractivity contribution >= 4 is 5.96 Å². The molecule has 1 aromatic rings. The van der Waals surface area contributed by atoms with Crippen molar-refractivity contribution in [2.45, 2.75) is 38.7 Å². The SMILES string of the molecule is CN=C(NCCc1ccc(C(C)(C)C)cc1)NCC1CN(C)CCO1. The second kappa shape index (κ2) is 9.20. The number of hydrogen-bond donors (Lipinski definition) is 2. The maximum absolute atomic E-state index is 5.77. The summed E-state index contributed by atoms with van der Waals surface area (Å²) in [6.07, 6.45) is 1.20. The van der Waals surface area contributed by atoms with Gasteiger partial charge in [0.1, 0.15) is 0 Å². The molecule has 1 aliphatic heterocycles. The van der Waals surface area contributed by atoms with Gasteiger partial charge in [0.25, 0.3) is 0 Å². The molecule has 0 saturated carbocycles. The van der Waals surface area contributed by atoms with E-state index in [-0.39, 0.29) is 11.5 Å². The Bertz CT molecular complexity index is 548. The predicted molar refractivity (Wildman–Crippen MR) is 105 cm³/mol. The smallest absolute Gasteiger partial charge is 0.191 e. The highest BCUT2D eigenvalue weighted by Crippen LogP contribution is 2.22. The van der Waals surface area contributed by atoms with Gasteiger partial charge in [0, 0.05) is 33.2 Å². The zero-order valence-electron chi connectivity index (χ0n) is 16.4. The molecule has 140 valence electrons. The zero-order chi connectivity index (χ0) is 18.3. The van der Waals surface area contributed by atoms with Gasteiger partial charge in [-0.3, -0.25) is 4.99 Å². The molecule has 1 aromatic carbocycles. The van der Waals surface area contributed by atoms with Crippen LogP contribution in [0.1, 0.15) is 31.9 Å². The molecule has 1 heterocycles. The summed E-state index contributed by atoms with van der Waals surface area (Å²) in [7, 11) is 3.94. The Labute approximate surface area is 152 Å². The largest absolute Gasteiger partial charge is 0.374 e. The summed E-state index contributed by atoms with van der Waals surface area (Å²) in [5, 5.41) is 6.75. The maximum Gasteiger partial charge on any atom is 0.191 e. The lowest BCUT2D eigenvalue weighted by molar-refractivity contribution is -0.0161. The molecular weight excluding hydrogens is 312 g/mol. The van der Waals surface area contributed by atoms with Crippen LogP contribution in [0.3, 0.4) is 0 Å². The molecule has 5 heteroatoms. The maximum atomic E-state index is 5.77. The van der Waals surface area contributed by atoms with Crippen LogP contribution >= 0.6 is 0 Å². The minimum atomic E-state index is 0.206. The molecule has 0 radical (unpaired) electrons. The Balaban J connectivity index is 1.72. The summed E-state index contributed by atoms with van der Waals surface area (Å²) in [5.74, 6) is 0.836. The van der Waals surface area contributed by atoms with E-state index in [9.17, 15) is 0 Å². The summed E-state index contributed by atoms with van der Waals surface area (Å²) in [6.45, 7) is 11.2. The van der Waals surface area contributed by atoms with Gasteiger partial charge in [0.05, 0.1) is 12.7 Å². The minimum Gasteiger partial charge on any atom is -0.374 e. The van der Waals surface area contributed by atoms with Crippen LogP contribution in [0, 0.1) is 0 Å². The van der Waals surface area contributed by atoms with Crippen LogP contribution in [0.2, 0.25) is 0 Å². The summed E-state index contributed by atoms with van der Waals surface area (Å²) >= 11 is 0. The first-order chi connectivity index (χ1) is 11.9. The molecule has 1 unspecified atom stereocenters. The molecule has 2 rings (SSSR count). The fraction of sp³-hybridized carbons (Fsp3) is 0.650. The molecule has 1 fully saturated rings.